The van der Waals surface area contributed by atoms with E-state index in [1.54, 1.807) is 0 Å². The summed E-state index contributed by atoms with van der Waals surface area (Å²) in [6, 6.07) is 0. The number of hydrogen-bond donors (Lipinski definition) is 2. The molecule has 0 aliphatic heterocycles. The van der Waals surface area contributed by atoms with E-state index in [0.717, 1.165) is 38.3 Å². The van der Waals surface area contributed by atoms with Crippen LogP contribution in [0.2, 0.25) is 0 Å². The fourth-order valence-electron chi connectivity index (χ4n) is 2.49. The van der Waals surface area contributed by atoms with Crippen molar-refractivity contribution in [2.24, 2.45) is 5.92 Å². The summed E-state index contributed by atoms with van der Waals surface area (Å²) in [6.07, 6.45) is 5.96. The number of nitrogens with one attached hydrogen (secondary N) is 1. The Morgan fingerprint density at radius 3 is 2.58 bits per heavy atom. The number of aliphatic hydroxyl groups excluding tert-OH is 1. The zero-order chi connectivity index (χ0) is 14.1. The first-order valence-corrected chi connectivity index (χ1v) is 7.73. The molecule has 4 nitrogen and oxygen atoms in total. The Balaban J connectivity index is 1.94. The Labute approximate surface area is 118 Å². The van der Waals surface area contributed by atoms with Crippen molar-refractivity contribution in [2.75, 3.05) is 40.3 Å². The second-order valence-electron chi connectivity index (χ2n) is 6.23. The van der Waals surface area contributed by atoms with Crippen molar-refractivity contribution in [3.05, 3.63) is 0 Å². The molecule has 114 valence electrons. The predicted octanol–water partition coefficient (Wildman–Crippen LogP) is 1.48. The van der Waals surface area contributed by atoms with Crippen LogP contribution in [0.4, 0.5) is 0 Å². The van der Waals surface area contributed by atoms with Crippen molar-refractivity contribution >= 4 is 0 Å². The van der Waals surface area contributed by atoms with Gasteiger partial charge in [-0.3, -0.25) is 0 Å². The molecule has 0 aromatic heterocycles. The molecule has 1 rings (SSSR count). The molecule has 1 aliphatic rings. The minimum atomic E-state index is -0.376. The molecule has 0 saturated heterocycles. The van der Waals surface area contributed by atoms with E-state index in [2.05, 4.69) is 31.2 Å². The average molecular weight is 272 g/mol. The van der Waals surface area contributed by atoms with E-state index < -0.39 is 0 Å². The van der Waals surface area contributed by atoms with Crippen LogP contribution in [0.3, 0.4) is 0 Å². The minimum absolute atomic E-state index is 0.375. The molecule has 1 saturated carbocycles. The van der Waals surface area contributed by atoms with Crippen LogP contribution in [0.1, 0.15) is 39.0 Å². The van der Waals surface area contributed by atoms with Crippen LogP contribution >= 0.6 is 0 Å². The minimum Gasteiger partial charge on any atom is -0.389 e. The number of nitrogens with zero attached hydrogens (tertiary/aromatic N) is 1. The predicted molar refractivity (Wildman–Crippen MR) is 79.4 cm³/mol. The molecular formula is C15H32N2O2. The van der Waals surface area contributed by atoms with Crippen molar-refractivity contribution in [1.29, 1.82) is 0 Å². The first kappa shape index (κ1) is 16.9. The van der Waals surface area contributed by atoms with Gasteiger partial charge in [-0.1, -0.05) is 6.92 Å². The topological polar surface area (TPSA) is 44.7 Å². The van der Waals surface area contributed by atoms with Gasteiger partial charge in [-0.25, -0.2) is 0 Å². The van der Waals surface area contributed by atoms with E-state index in [1.807, 2.05) is 0 Å². The van der Waals surface area contributed by atoms with Gasteiger partial charge in [0.05, 0.1) is 18.8 Å². The van der Waals surface area contributed by atoms with Gasteiger partial charge in [0.15, 0.2) is 0 Å². The van der Waals surface area contributed by atoms with Gasteiger partial charge in [0, 0.05) is 6.54 Å². The van der Waals surface area contributed by atoms with Gasteiger partial charge in [-0.05, 0) is 65.2 Å². The fourth-order valence-corrected chi connectivity index (χ4v) is 2.49. The lowest BCUT2D eigenvalue weighted by Gasteiger charge is -2.27. The van der Waals surface area contributed by atoms with E-state index in [0.29, 0.717) is 19.3 Å². The number of aliphatic hydroxyl groups is 1. The molecule has 0 bridgehead atoms. The van der Waals surface area contributed by atoms with Gasteiger partial charge in [0.25, 0.3) is 0 Å². The molecule has 2 N–H and O–H groups in total. The summed E-state index contributed by atoms with van der Waals surface area (Å²) in [5, 5.41) is 13.1. The van der Waals surface area contributed by atoms with Crippen molar-refractivity contribution in [2.45, 2.75) is 51.2 Å². The fraction of sp³-hybridized carbons (Fsp3) is 1.00. The number of rotatable bonds is 9. The summed E-state index contributed by atoms with van der Waals surface area (Å²) >= 11 is 0. The van der Waals surface area contributed by atoms with Gasteiger partial charge in [0.2, 0.25) is 0 Å². The Kier molecular flexibility index (Phi) is 8.62. The van der Waals surface area contributed by atoms with Crippen molar-refractivity contribution < 1.29 is 9.84 Å². The number of ether oxygens (including phenoxy) is 1. The van der Waals surface area contributed by atoms with Crippen LogP contribution < -0.4 is 5.32 Å². The summed E-state index contributed by atoms with van der Waals surface area (Å²) in [6.45, 7) is 5.45. The highest BCUT2D eigenvalue weighted by atomic mass is 16.5. The standard InChI is InChI=1S/C15H32N2O2/c1-13-5-7-15(8-6-13)19-12-14(18)11-16-9-4-10-17(2)3/h13-16,18H,4-12H2,1-3H3. The van der Waals surface area contributed by atoms with E-state index in [9.17, 15) is 5.11 Å². The summed E-state index contributed by atoms with van der Waals surface area (Å²) < 4.78 is 5.79. The molecule has 0 aromatic carbocycles. The average Bonchev–Trinajstić information content (AvgIpc) is 2.37. The smallest absolute Gasteiger partial charge is 0.0897 e. The molecule has 19 heavy (non-hydrogen) atoms. The molecule has 1 unspecified atom stereocenters. The van der Waals surface area contributed by atoms with Gasteiger partial charge in [-0.15, -0.1) is 0 Å². The zero-order valence-electron chi connectivity index (χ0n) is 12.9. The highest BCUT2D eigenvalue weighted by Gasteiger charge is 2.19. The van der Waals surface area contributed by atoms with Gasteiger partial charge < -0.3 is 20.1 Å². The monoisotopic (exact) mass is 272 g/mol. The molecule has 0 aromatic rings. The highest BCUT2D eigenvalue weighted by Crippen LogP contribution is 2.25. The lowest BCUT2D eigenvalue weighted by Crippen LogP contribution is -2.34. The Morgan fingerprint density at radius 1 is 1.26 bits per heavy atom. The lowest BCUT2D eigenvalue weighted by atomic mass is 9.89. The van der Waals surface area contributed by atoms with Crippen molar-refractivity contribution in [3.63, 3.8) is 0 Å². The SMILES string of the molecule is CC1CCC(OCC(O)CNCCCN(C)C)CC1. The second-order valence-corrected chi connectivity index (χ2v) is 6.23. The second kappa shape index (κ2) is 9.70. The Morgan fingerprint density at radius 2 is 1.95 bits per heavy atom. The maximum Gasteiger partial charge on any atom is 0.0897 e. The van der Waals surface area contributed by atoms with E-state index >= 15 is 0 Å². The molecule has 0 spiro atoms. The van der Waals surface area contributed by atoms with Crippen LogP contribution in [-0.2, 0) is 4.74 Å². The van der Waals surface area contributed by atoms with E-state index in [4.69, 9.17) is 4.74 Å². The molecule has 4 heteroatoms. The number of hydrogen-bond acceptors (Lipinski definition) is 4. The molecule has 1 fully saturated rings. The summed E-state index contributed by atoms with van der Waals surface area (Å²) in [4.78, 5) is 2.17. The summed E-state index contributed by atoms with van der Waals surface area (Å²) in [5.41, 5.74) is 0. The molecule has 1 aliphatic carbocycles. The summed E-state index contributed by atoms with van der Waals surface area (Å²) in [5.74, 6) is 0.850. The maximum absolute atomic E-state index is 9.84. The van der Waals surface area contributed by atoms with Gasteiger partial charge in [-0.2, -0.15) is 0 Å². The van der Waals surface area contributed by atoms with Crippen LogP contribution in [-0.4, -0.2) is 62.6 Å². The van der Waals surface area contributed by atoms with Crippen LogP contribution in [0.15, 0.2) is 0 Å². The molecular weight excluding hydrogens is 240 g/mol. The van der Waals surface area contributed by atoms with Crippen LogP contribution in [0.5, 0.6) is 0 Å². The Bertz CT molecular complexity index is 216. The van der Waals surface area contributed by atoms with Crippen LogP contribution in [0, 0.1) is 5.92 Å². The van der Waals surface area contributed by atoms with E-state index in [1.165, 1.54) is 12.8 Å². The molecule has 0 amide bonds. The summed E-state index contributed by atoms with van der Waals surface area (Å²) in [7, 11) is 4.15. The lowest BCUT2D eigenvalue weighted by molar-refractivity contribution is -0.0277. The quantitative estimate of drug-likeness (QED) is 0.624. The molecule has 0 heterocycles. The highest BCUT2D eigenvalue weighted by molar-refractivity contribution is 4.71. The largest absolute Gasteiger partial charge is 0.389 e. The maximum atomic E-state index is 9.84. The zero-order valence-corrected chi connectivity index (χ0v) is 12.9. The van der Waals surface area contributed by atoms with Crippen molar-refractivity contribution in [1.82, 2.24) is 10.2 Å². The van der Waals surface area contributed by atoms with E-state index in [-0.39, 0.29) is 6.10 Å². The van der Waals surface area contributed by atoms with Crippen molar-refractivity contribution in [3.8, 4) is 0 Å². The Hall–Kier alpha value is -0.160. The normalized spacial score (nSPS) is 25.7. The third-order valence-corrected chi connectivity index (χ3v) is 3.83. The van der Waals surface area contributed by atoms with Gasteiger partial charge >= 0.3 is 0 Å². The third kappa shape index (κ3) is 8.58. The first-order valence-electron chi connectivity index (χ1n) is 7.73. The molecule has 0 radical (unpaired) electrons. The van der Waals surface area contributed by atoms with Gasteiger partial charge in [0.1, 0.15) is 0 Å². The first-order chi connectivity index (χ1) is 9.08. The molecule has 1 atom stereocenters. The third-order valence-electron chi connectivity index (χ3n) is 3.83. The van der Waals surface area contributed by atoms with Crippen LogP contribution in [0.25, 0.3) is 0 Å².